The lowest BCUT2D eigenvalue weighted by Gasteiger charge is -2.32. The molecule has 0 radical (unpaired) electrons. The smallest absolute Gasteiger partial charge is 0.407 e. The topological polar surface area (TPSA) is 87.7 Å². The van der Waals surface area contributed by atoms with Crippen LogP contribution in [0.2, 0.25) is 0 Å². The number of carbonyl (C=O) groups is 3. The molecule has 0 unspecified atom stereocenters. The first kappa shape index (κ1) is 23.2. The second-order valence-electron chi connectivity index (χ2n) is 8.20. The van der Waals surface area contributed by atoms with Crippen molar-refractivity contribution in [1.82, 2.24) is 15.5 Å². The number of halogens is 1. The number of carbonyl (C=O) groups excluding carboxylic acids is 3. The Labute approximate surface area is 180 Å². The molecule has 3 amide bonds. The van der Waals surface area contributed by atoms with Crippen LogP contribution in [-0.4, -0.2) is 54.6 Å². The summed E-state index contributed by atoms with van der Waals surface area (Å²) in [7, 11) is 0. The van der Waals surface area contributed by atoms with Gasteiger partial charge in [-0.1, -0.05) is 12.1 Å². The van der Waals surface area contributed by atoms with Crippen LogP contribution in [0.4, 0.5) is 4.79 Å². The lowest BCUT2D eigenvalue weighted by atomic mass is 9.96. The van der Waals surface area contributed by atoms with Crippen LogP contribution in [0.5, 0.6) is 0 Å². The Morgan fingerprint density at radius 3 is 2.41 bits per heavy atom. The molecule has 0 aromatic heterocycles. The average Bonchev–Trinajstić information content (AvgIpc) is 2.65. The van der Waals surface area contributed by atoms with E-state index in [1.54, 1.807) is 20.8 Å². The van der Waals surface area contributed by atoms with E-state index in [9.17, 15) is 14.4 Å². The lowest BCUT2D eigenvalue weighted by molar-refractivity contribution is -0.121. The van der Waals surface area contributed by atoms with Crippen molar-refractivity contribution in [2.75, 3.05) is 26.2 Å². The van der Waals surface area contributed by atoms with Gasteiger partial charge in [0, 0.05) is 37.1 Å². The Morgan fingerprint density at radius 1 is 1.14 bits per heavy atom. The molecular formula is C21H30BrN3O4. The number of piperidine rings is 1. The Morgan fingerprint density at radius 2 is 1.79 bits per heavy atom. The van der Waals surface area contributed by atoms with Crippen molar-refractivity contribution in [3.05, 3.63) is 34.3 Å². The maximum atomic E-state index is 12.6. The maximum absolute atomic E-state index is 12.6. The lowest BCUT2D eigenvalue weighted by Crippen LogP contribution is -2.42. The van der Waals surface area contributed by atoms with Crippen LogP contribution < -0.4 is 10.6 Å². The van der Waals surface area contributed by atoms with Crippen LogP contribution in [0.3, 0.4) is 0 Å². The highest BCUT2D eigenvalue weighted by Gasteiger charge is 2.25. The molecule has 1 aromatic carbocycles. The standard InChI is InChI=1S/C21H30BrN3O4/c1-21(2,3)29-20(28)23-11-8-18(26)24-14-15-9-12-25(13-10-15)19(27)16-6-4-5-7-17(16)22/h4-7,15H,8-14H2,1-3H3,(H,23,28)(H,24,26). The summed E-state index contributed by atoms with van der Waals surface area (Å²) in [6.07, 6.45) is 1.39. The summed E-state index contributed by atoms with van der Waals surface area (Å²) in [6, 6.07) is 7.44. The molecule has 0 aliphatic carbocycles. The van der Waals surface area contributed by atoms with E-state index in [2.05, 4.69) is 26.6 Å². The average molecular weight is 468 g/mol. The van der Waals surface area contributed by atoms with Gasteiger partial charge in [0.05, 0.1) is 5.56 Å². The van der Waals surface area contributed by atoms with Crippen LogP contribution in [0.1, 0.15) is 50.4 Å². The number of nitrogens with one attached hydrogen (secondary N) is 2. The van der Waals surface area contributed by atoms with Crippen LogP contribution in [-0.2, 0) is 9.53 Å². The molecule has 0 atom stereocenters. The first-order valence-electron chi connectivity index (χ1n) is 9.93. The van der Waals surface area contributed by atoms with Gasteiger partial charge in [-0.05, 0) is 67.6 Å². The van der Waals surface area contributed by atoms with Crippen molar-refractivity contribution in [3.63, 3.8) is 0 Å². The van der Waals surface area contributed by atoms with Crippen molar-refractivity contribution in [3.8, 4) is 0 Å². The predicted octanol–water partition coefficient (Wildman–Crippen LogP) is 3.33. The largest absolute Gasteiger partial charge is 0.444 e. The second-order valence-corrected chi connectivity index (χ2v) is 9.05. The fraction of sp³-hybridized carbons (Fsp3) is 0.571. The second kappa shape index (κ2) is 10.6. The van der Waals surface area contributed by atoms with E-state index in [0.717, 1.165) is 17.3 Å². The summed E-state index contributed by atoms with van der Waals surface area (Å²) in [6.45, 7) is 7.55. The van der Waals surface area contributed by atoms with Gasteiger partial charge in [0.2, 0.25) is 5.91 Å². The fourth-order valence-electron chi connectivity index (χ4n) is 3.08. The third-order valence-corrected chi connectivity index (χ3v) is 5.31. The number of benzene rings is 1. The third kappa shape index (κ3) is 8.04. The van der Waals surface area contributed by atoms with Crippen molar-refractivity contribution in [2.24, 2.45) is 5.92 Å². The molecule has 1 aliphatic heterocycles. The van der Waals surface area contributed by atoms with Crippen LogP contribution in [0.25, 0.3) is 0 Å². The van der Waals surface area contributed by atoms with Gasteiger partial charge in [-0.25, -0.2) is 4.79 Å². The van der Waals surface area contributed by atoms with Crippen molar-refractivity contribution in [2.45, 2.75) is 45.6 Å². The summed E-state index contributed by atoms with van der Waals surface area (Å²) >= 11 is 3.43. The monoisotopic (exact) mass is 467 g/mol. The van der Waals surface area contributed by atoms with E-state index < -0.39 is 11.7 Å². The highest BCUT2D eigenvalue weighted by Crippen LogP contribution is 2.22. The number of rotatable bonds is 6. The molecule has 0 bridgehead atoms. The molecule has 1 heterocycles. The van der Waals surface area contributed by atoms with Gasteiger partial charge in [0.1, 0.15) is 5.60 Å². The maximum Gasteiger partial charge on any atom is 0.407 e. The minimum absolute atomic E-state index is 0.0353. The quantitative estimate of drug-likeness (QED) is 0.671. The first-order valence-corrected chi connectivity index (χ1v) is 10.7. The molecule has 29 heavy (non-hydrogen) atoms. The van der Waals surface area contributed by atoms with Gasteiger partial charge in [0.15, 0.2) is 0 Å². The van der Waals surface area contributed by atoms with Gasteiger partial charge in [-0.2, -0.15) is 0 Å². The van der Waals surface area contributed by atoms with Gasteiger partial charge in [0.25, 0.3) is 5.91 Å². The number of hydrogen-bond acceptors (Lipinski definition) is 4. The Balaban J connectivity index is 1.64. The summed E-state index contributed by atoms with van der Waals surface area (Å²) in [5.41, 5.74) is 0.121. The third-order valence-electron chi connectivity index (χ3n) is 4.61. The molecule has 2 rings (SSSR count). The van der Waals surface area contributed by atoms with Crippen molar-refractivity contribution < 1.29 is 19.1 Å². The molecule has 2 N–H and O–H groups in total. The molecule has 1 saturated heterocycles. The Hall–Kier alpha value is -2.09. The van der Waals surface area contributed by atoms with E-state index in [4.69, 9.17) is 4.74 Å². The molecule has 0 spiro atoms. The number of hydrogen-bond donors (Lipinski definition) is 2. The zero-order valence-corrected chi connectivity index (χ0v) is 18.9. The highest BCUT2D eigenvalue weighted by molar-refractivity contribution is 9.10. The zero-order valence-electron chi connectivity index (χ0n) is 17.3. The van der Waals surface area contributed by atoms with E-state index >= 15 is 0 Å². The van der Waals surface area contributed by atoms with Gasteiger partial charge >= 0.3 is 6.09 Å². The SMILES string of the molecule is CC(C)(C)OC(=O)NCCC(=O)NCC1CCN(C(=O)c2ccccc2Br)CC1. The number of alkyl carbamates (subject to hydrolysis) is 1. The summed E-state index contributed by atoms with van der Waals surface area (Å²) in [4.78, 5) is 38.0. The van der Waals surface area contributed by atoms with E-state index in [-0.39, 0.29) is 24.8 Å². The minimum atomic E-state index is -0.556. The highest BCUT2D eigenvalue weighted by atomic mass is 79.9. The van der Waals surface area contributed by atoms with Gasteiger partial charge in [-0.3, -0.25) is 9.59 Å². The molecule has 0 saturated carbocycles. The molecule has 8 heteroatoms. The van der Waals surface area contributed by atoms with Crippen LogP contribution in [0, 0.1) is 5.92 Å². The van der Waals surface area contributed by atoms with Crippen molar-refractivity contribution in [1.29, 1.82) is 0 Å². The van der Waals surface area contributed by atoms with Crippen LogP contribution >= 0.6 is 15.9 Å². The zero-order chi connectivity index (χ0) is 21.4. The van der Waals surface area contributed by atoms with Crippen LogP contribution in [0.15, 0.2) is 28.7 Å². The molecular weight excluding hydrogens is 438 g/mol. The number of amides is 3. The predicted molar refractivity (Wildman–Crippen MR) is 115 cm³/mol. The van der Waals surface area contributed by atoms with Gasteiger partial charge < -0.3 is 20.3 Å². The molecule has 1 aromatic rings. The number of nitrogens with zero attached hydrogens (tertiary/aromatic N) is 1. The summed E-state index contributed by atoms with van der Waals surface area (Å²) in [5, 5.41) is 5.49. The Bertz CT molecular complexity index is 725. The van der Waals surface area contributed by atoms with E-state index in [1.165, 1.54) is 0 Å². The molecule has 160 valence electrons. The molecule has 1 aliphatic rings. The number of likely N-dealkylation sites (tertiary alicyclic amines) is 1. The fourth-order valence-corrected chi connectivity index (χ4v) is 3.54. The van der Waals surface area contributed by atoms with Crippen molar-refractivity contribution >= 4 is 33.8 Å². The summed E-state index contributed by atoms with van der Waals surface area (Å²) < 4.78 is 5.93. The van der Waals surface area contributed by atoms with E-state index in [1.807, 2.05) is 29.2 Å². The van der Waals surface area contributed by atoms with E-state index in [0.29, 0.717) is 31.1 Å². The Kier molecular flexibility index (Phi) is 8.49. The molecule has 1 fully saturated rings. The minimum Gasteiger partial charge on any atom is -0.444 e. The number of ether oxygens (including phenoxy) is 1. The first-order chi connectivity index (χ1) is 13.7. The summed E-state index contributed by atoms with van der Waals surface area (Å²) in [5.74, 6) is 0.280. The molecule has 7 nitrogen and oxygen atoms in total. The normalized spacial score (nSPS) is 15.0. The van der Waals surface area contributed by atoms with Gasteiger partial charge in [-0.15, -0.1) is 0 Å².